The summed E-state index contributed by atoms with van der Waals surface area (Å²) in [4.78, 5) is 10.9. The molecule has 9 heteroatoms. The molecule has 4 nitrogen and oxygen atoms in total. The Bertz CT molecular complexity index is 477. The summed E-state index contributed by atoms with van der Waals surface area (Å²) in [7, 11) is 0. The van der Waals surface area contributed by atoms with Crippen LogP contribution in [-0.2, 0) is 6.18 Å². The average Bonchev–Trinajstić information content (AvgIpc) is 2.19. The van der Waals surface area contributed by atoms with Crippen molar-refractivity contribution in [2.75, 3.05) is 5.43 Å². The number of carboxylic acids is 1. The number of anilines is 1. The Balaban J connectivity index is 3.63. The minimum Gasteiger partial charge on any atom is -0.478 e. The van der Waals surface area contributed by atoms with Crippen molar-refractivity contribution in [3.05, 3.63) is 26.1 Å². The molecule has 1 rings (SSSR count). The molecule has 0 aliphatic rings. The number of carboxylic acid groups (broad SMARTS) is 1. The van der Waals surface area contributed by atoms with Gasteiger partial charge in [0, 0.05) is 8.95 Å². The Labute approximate surface area is 110 Å². The number of nitrogens with two attached hydrogens (primary N) is 1. The smallest absolute Gasteiger partial charge is 0.417 e. The molecular weight excluding hydrogens is 373 g/mol. The summed E-state index contributed by atoms with van der Waals surface area (Å²) in [6.45, 7) is 0. The van der Waals surface area contributed by atoms with Crippen LogP contribution in [0.15, 0.2) is 15.0 Å². The van der Waals surface area contributed by atoms with E-state index in [1.807, 2.05) is 5.43 Å². The molecule has 0 atom stereocenters. The molecule has 0 saturated heterocycles. The molecule has 0 spiro atoms. The Kier molecular flexibility index (Phi) is 4.05. The van der Waals surface area contributed by atoms with E-state index in [1.54, 1.807) is 0 Å². The van der Waals surface area contributed by atoms with Gasteiger partial charge in [-0.25, -0.2) is 4.79 Å². The highest BCUT2D eigenvalue weighted by molar-refractivity contribution is 9.13. The van der Waals surface area contributed by atoms with Crippen molar-refractivity contribution in [1.82, 2.24) is 0 Å². The second-order valence-electron chi connectivity index (χ2n) is 2.92. The SMILES string of the molecule is NNc1cc(C(F)(F)F)c(Br)c(Br)c1C(=O)O. The van der Waals surface area contributed by atoms with Gasteiger partial charge in [0.05, 0.1) is 16.8 Å². The van der Waals surface area contributed by atoms with Crippen LogP contribution in [0.5, 0.6) is 0 Å². The largest absolute Gasteiger partial charge is 0.478 e. The molecule has 0 aliphatic carbocycles. The molecule has 4 N–H and O–H groups in total. The Morgan fingerprint density at radius 2 is 1.88 bits per heavy atom. The van der Waals surface area contributed by atoms with E-state index in [9.17, 15) is 18.0 Å². The second-order valence-corrected chi connectivity index (χ2v) is 4.51. The van der Waals surface area contributed by atoms with Gasteiger partial charge in [-0.2, -0.15) is 13.2 Å². The monoisotopic (exact) mass is 376 g/mol. The molecule has 0 aliphatic heterocycles. The van der Waals surface area contributed by atoms with Crippen molar-refractivity contribution in [3.63, 3.8) is 0 Å². The fourth-order valence-electron chi connectivity index (χ4n) is 1.16. The number of alkyl halides is 3. The first kappa shape index (κ1) is 14.3. The van der Waals surface area contributed by atoms with Crippen LogP contribution >= 0.6 is 31.9 Å². The number of nitrogen functional groups attached to an aromatic ring is 1. The average molecular weight is 378 g/mol. The molecule has 0 heterocycles. The predicted octanol–water partition coefficient (Wildman–Crippen LogP) is 3.21. The molecule has 1 aromatic carbocycles. The van der Waals surface area contributed by atoms with Crippen molar-refractivity contribution in [2.24, 2.45) is 5.84 Å². The molecule has 0 bridgehead atoms. The molecule has 94 valence electrons. The van der Waals surface area contributed by atoms with Crippen LogP contribution in [0.2, 0.25) is 0 Å². The van der Waals surface area contributed by atoms with Crippen LogP contribution in [0, 0.1) is 0 Å². The summed E-state index contributed by atoms with van der Waals surface area (Å²) in [6.07, 6.45) is -4.62. The first-order chi connectivity index (χ1) is 7.70. The third-order valence-electron chi connectivity index (χ3n) is 1.88. The molecule has 0 saturated carbocycles. The lowest BCUT2D eigenvalue weighted by atomic mass is 10.1. The maximum Gasteiger partial charge on any atom is 0.417 e. The summed E-state index contributed by atoms with van der Waals surface area (Å²) in [6, 6.07) is 0.623. The molecule has 17 heavy (non-hydrogen) atoms. The van der Waals surface area contributed by atoms with E-state index in [2.05, 4.69) is 31.9 Å². The van der Waals surface area contributed by atoms with E-state index < -0.39 is 17.7 Å². The number of benzene rings is 1. The minimum absolute atomic E-state index is 0.229. The summed E-state index contributed by atoms with van der Waals surface area (Å²) >= 11 is 5.49. The molecular formula is C8H5Br2F3N2O2. The van der Waals surface area contributed by atoms with Crippen molar-refractivity contribution >= 4 is 43.5 Å². The third kappa shape index (κ3) is 2.72. The third-order valence-corrected chi connectivity index (χ3v) is 4.03. The van der Waals surface area contributed by atoms with E-state index in [0.717, 1.165) is 0 Å². The number of aromatic carboxylic acids is 1. The predicted molar refractivity (Wildman–Crippen MR) is 61.6 cm³/mol. The zero-order valence-electron chi connectivity index (χ0n) is 7.90. The Hall–Kier alpha value is -0.800. The normalized spacial score (nSPS) is 11.4. The quantitative estimate of drug-likeness (QED) is 0.546. The molecule has 0 fully saturated rings. The highest BCUT2D eigenvalue weighted by Gasteiger charge is 2.36. The zero-order chi connectivity index (χ0) is 13.4. The topological polar surface area (TPSA) is 75.3 Å². The second kappa shape index (κ2) is 4.83. The van der Waals surface area contributed by atoms with Crippen LogP contribution in [-0.4, -0.2) is 11.1 Å². The summed E-state index contributed by atoms with van der Waals surface area (Å²) in [5.74, 6) is 3.60. The fraction of sp³-hybridized carbons (Fsp3) is 0.125. The number of hydrogen-bond acceptors (Lipinski definition) is 3. The number of hydrazine groups is 1. The van der Waals surface area contributed by atoms with Crippen molar-refractivity contribution < 1.29 is 23.1 Å². The van der Waals surface area contributed by atoms with Gasteiger partial charge in [0.1, 0.15) is 0 Å². The van der Waals surface area contributed by atoms with Crippen LogP contribution in [0.25, 0.3) is 0 Å². The lowest BCUT2D eigenvalue weighted by Crippen LogP contribution is -2.16. The van der Waals surface area contributed by atoms with Gasteiger partial charge < -0.3 is 10.5 Å². The highest BCUT2D eigenvalue weighted by atomic mass is 79.9. The first-order valence-corrected chi connectivity index (χ1v) is 5.57. The van der Waals surface area contributed by atoms with Crippen LogP contribution in [0.3, 0.4) is 0 Å². The highest BCUT2D eigenvalue weighted by Crippen LogP contribution is 2.42. The van der Waals surface area contributed by atoms with E-state index in [4.69, 9.17) is 10.9 Å². The van der Waals surface area contributed by atoms with Crippen LogP contribution in [0.1, 0.15) is 15.9 Å². The van der Waals surface area contributed by atoms with Gasteiger partial charge in [-0.3, -0.25) is 5.84 Å². The van der Waals surface area contributed by atoms with Gasteiger partial charge in [0.2, 0.25) is 0 Å². The molecule has 0 aromatic heterocycles. The van der Waals surface area contributed by atoms with Crippen LogP contribution < -0.4 is 11.3 Å². The van der Waals surface area contributed by atoms with E-state index in [1.165, 1.54) is 0 Å². The van der Waals surface area contributed by atoms with Gasteiger partial charge in [-0.1, -0.05) is 0 Å². The maximum absolute atomic E-state index is 12.6. The standard InChI is InChI=1S/C8H5Br2F3N2O2/c9-5-2(8(11,12)13)1-3(15-14)4(6(5)10)7(16)17/h1,15H,14H2,(H,16,17). The zero-order valence-corrected chi connectivity index (χ0v) is 11.1. The minimum atomic E-state index is -4.62. The number of nitrogens with one attached hydrogen (secondary N) is 1. The van der Waals surface area contributed by atoms with Crippen molar-refractivity contribution in [3.8, 4) is 0 Å². The number of carbonyl (C=O) groups is 1. The van der Waals surface area contributed by atoms with Gasteiger partial charge in [0.25, 0.3) is 0 Å². The number of hydrogen-bond donors (Lipinski definition) is 3. The molecule has 0 amide bonds. The number of rotatable bonds is 2. The van der Waals surface area contributed by atoms with E-state index >= 15 is 0 Å². The maximum atomic E-state index is 12.6. The molecule has 0 radical (unpaired) electrons. The number of halogens is 5. The summed E-state index contributed by atoms with van der Waals surface area (Å²) in [5.41, 5.74) is 0.185. The lowest BCUT2D eigenvalue weighted by Gasteiger charge is -2.15. The van der Waals surface area contributed by atoms with Gasteiger partial charge in [-0.15, -0.1) is 0 Å². The van der Waals surface area contributed by atoms with Crippen molar-refractivity contribution in [1.29, 1.82) is 0 Å². The van der Waals surface area contributed by atoms with Gasteiger partial charge in [-0.05, 0) is 37.9 Å². The summed E-state index contributed by atoms with van der Waals surface area (Å²) in [5, 5.41) is 8.87. The van der Waals surface area contributed by atoms with Crippen LogP contribution in [0.4, 0.5) is 18.9 Å². The Morgan fingerprint density at radius 1 is 1.35 bits per heavy atom. The lowest BCUT2D eigenvalue weighted by molar-refractivity contribution is -0.138. The Morgan fingerprint density at radius 3 is 2.24 bits per heavy atom. The van der Waals surface area contributed by atoms with E-state index in [-0.39, 0.29) is 20.2 Å². The summed E-state index contributed by atoms with van der Waals surface area (Å²) < 4.78 is 37.2. The van der Waals surface area contributed by atoms with Gasteiger partial charge in [0.15, 0.2) is 0 Å². The fourth-order valence-corrected chi connectivity index (χ4v) is 2.29. The molecule has 1 aromatic rings. The van der Waals surface area contributed by atoms with Gasteiger partial charge >= 0.3 is 12.1 Å². The van der Waals surface area contributed by atoms with Crippen molar-refractivity contribution in [2.45, 2.75) is 6.18 Å². The first-order valence-electron chi connectivity index (χ1n) is 3.99. The molecule has 0 unspecified atom stereocenters. The van der Waals surface area contributed by atoms with E-state index in [0.29, 0.717) is 6.07 Å².